The number of hydrogen-bond acceptors (Lipinski definition) is 4. The van der Waals surface area contributed by atoms with Gasteiger partial charge in [0.2, 0.25) is 6.71 Å². The SMILES string of the molecule is Cc1cc(C)c(B2c3ccccc3N3c4ccccc4B4c5cc6c(cc5N5c7ccccc7B(c7c(C)cc(C)cc7C)c7c(Oc8ccccc8)c2c3c4c75)N(c2ccccc2)c2ccccc2B6c2c(C(C)C)cc(C(C)C)cc2C(C)C)c(C)c1. The summed E-state index contributed by atoms with van der Waals surface area (Å²) in [4.78, 5) is 7.97. The van der Waals surface area contributed by atoms with E-state index in [0.717, 1.165) is 17.2 Å². The highest BCUT2D eigenvalue weighted by atomic mass is 16.5. The molecule has 0 unspecified atom stereocenters. The van der Waals surface area contributed by atoms with Gasteiger partial charge in [-0.2, -0.15) is 0 Å². The Labute approximate surface area is 528 Å². The summed E-state index contributed by atoms with van der Waals surface area (Å²) >= 11 is 0. The summed E-state index contributed by atoms with van der Waals surface area (Å²) in [6, 6.07) is 79.3. The molecular formula is C81H73B4N3O. The van der Waals surface area contributed by atoms with Crippen LogP contribution in [0.2, 0.25) is 0 Å². The van der Waals surface area contributed by atoms with Crippen LogP contribution in [0.1, 0.15) is 109 Å². The van der Waals surface area contributed by atoms with Gasteiger partial charge in [0.25, 0.3) is 20.1 Å². The zero-order valence-electron chi connectivity index (χ0n) is 53.4. The van der Waals surface area contributed by atoms with Gasteiger partial charge in [-0.1, -0.05) is 243 Å². The number of rotatable bonds is 9. The smallest absolute Gasteiger partial charge is 0.252 e. The zero-order valence-corrected chi connectivity index (χ0v) is 53.4. The van der Waals surface area contributed by atoms with Crippen molar-refractivity contribution in [2.45, 2.75) is 101 Å². The van der Waals surface area contributed by atoms with E-state index in [9.17, 15) is 0 Å². The van der Waals surface area contributed by atoms with Crippen molar-refractivity contribution in [2.24, 2.45) is 0 Å². The molecule has 430 valence electrons. The third kappa shape index (κ3) is 8.17. The second-order valence-corrected chi connectivity index (χ2v) is 27.2. The number of fused-ring (bicyclic) bond motifs is 12. The van der Waals surface area contributed by atoms with Gasteiger partial charge in [-0.3, -0.25) is 0 Å². The Morgan fingerprint density at radius 1 is 0.303 bits per heavy atom. The molecule has 4 nitrogen and oxygen atoms in total. The Kier molecular flexibility index (Phi) is 12.9. The first-order valence-corrected chi connectivity index (χ1v) is 32.5. The number of benzene rings is 11. The van der Waals surface area contributed by atoms with E-state index in [0.29, 0.717) is 5.92 Å². The molecule has 0 saturated heterocycles. The highest BCUT2D eigenvalue weighted by molar-refractivity contribution is 7.08. The zero-order chi connectivity index (χ0) is 61.0. The average molecular weight is 1150 g/mol. The van der Waals surface area contributed by atoms with Crippen LogP contribution in [0.3, 0.4) is 0 Å². The summed E-state index contributed by atoms with van der Waals surface area (Å²) in [5.74, 6) is 2.72. The van der Waals surface area contributed by atoms with Crippen molar-refractivity contribution in [1.82, 2.24) is 0 Å². The van der Waals surface area contributed by atoms with E-state index in [1.165, 1.54) is 161 Å². The molecule has 8 heteroatoms. The van der Waals surface area contributed by atoms with E-state index >= 15 is 0 Å². The molecule has 0 radical (unpaired) electrons. The molecule has 0 spiro atoms. The molecule has 0 fully saturated rings. The molecule has 5 aliphatic rings. The maximum absolute atomic E-state index is 8.06. The molecule has 0 saturated carbocycles. The van der Waals surface area contributed by atoms with Crippen molar-refractivity contribution < 1.29 is 4.74 Å². The third-order valence-electron chi connectivity index (χ3n) is 20.6. The minimum Gasteiger partial charge on any atom is -0.458 e. The molecule has 89 heavy (non-hydrogen) atoms. The molecule has 0 amide bonds. The summed E-state index contributed by atoms with van der Waals surface area (Å²) in [6.45, 7) is 27.6. The van der Waals surface area contributed by atoms with Crippen LogP contribution in [0.4, 0.5) is 51.2 Å². The predicted molar refractivity (Wildman–Crippen MR) is 386 cm³/mol. The summed E-state index contributed by atoms with van der Waals surface area (Å²) in [5.41, 5.74) is 38.5. The van der Waals surface area contributed by atoms with E-state index in [4.69, 9.17) is 4.74 Å². The highest BCUT2D eigenvalue weighted by Gasteiger charge is 2.55. The number of hydrogen-bond donors (Lipinski definition) is 0. The molecular weight excluding hydrogens is 1070 g/mol. The normalized spacial score (nSPS) is 13.8. The lowest BCUT2D eigenvalue weighted by molar-refractivity contribution is 0.490. The monoisotopic (exact) mass is 1150 g/mol. The summed E-state index contributed by atoms with van der Waals surface area (Å²) in [5, 5.41) is 0. The van der Waals surface area contributed by atoms with Gasteiger partial charge in [0.15, 0.2) is 0 Å². The van der Waals surface area contributed by atoms with E-state index < -0.39 is 0 Å². The van der Waals surface area contributed by atoms with E-state index in [1.54, 1.807) is 0 Å². The lowest BCUT2D eigenvalue weighted by Gasteiger charge is -2.52. The van der Waals surface area contributed by atoms with Gasteiger partial charge < -0.3 is 19.4 Å². The second-order valence-electron chi connectivity index (χ2n) is 27.2. The Bertz CT molecular complexity index is 4690. The first-order chi connectivity index (χ1) is 43.2. The van der Waals surface area contributed by atoms with Crippen molar-refractivity contribution in [2.75, 3.05) is 14.7 Å². The van der Waals surface area contributed by atoms with Crippen molar-refractivity contribution in [3.8, 4) is 11.5 Å². The third-order valence-corrected chi connectivity index (χ3v) is 20.6. The first-order valence-electron chi connectivity index (χ1n) is 32.5. The van der Waals surface area contributed by atoms with Crippen molar-refractivity contribution >= 4 is 144 Å². The van der Waals surface area contributed by atoms with Crippen molar-refractivity contribution in [3.05, 3.63) is 256 Å². The first kappa shape index (κ1) is 55.2. The van der Waals surface area contributed by atoms with Gasteiger partial charge in [0.1, 0.15) is 11.5 Å². The quantitative estimate of drug-likeness (QED) is 0.134. The minimum atomic E-state index is -0.198. The molecule has 0 N–H and O–H groups in total. The van der Waals surface area contributed by atoms with Gasteiger partial charge in [0, 0.05) is 51.2 Å². The van der Waals surface area contributed by atoms with E-state index in [1.807, 2.05) is 0 Å². The van der Waals surface area contributed by atoms with Crippen LogP contribution in [-0.2, 0) is 0 Å². The fourth-order valence-corrected chi connectivity index (χ4v) is 17.2. The molecule has 5 aliphatic heterocycles. The fraction of sp³-hybridized carbons (Fsp3) is 0.185. The summed E-state index contributed by atoms with van der Waals surface area (Å²) in [7, 11) is 0. The van der Waals surface area contributed by atoms with Crippen LogP contribution in [0.5, 0.6) is 11.5 Å². The lowest BCUT2D eigenvalue weighted by Crippen LogP contribution is -2.72. The van der Waals surface area contributed by atoms with Crippen molar-refractivity contribution in [1.29, 1.82) is 0 Å². The highest BCUT2D eigenvalue weighted by Crippen LogP contribution is 2.50. The van der Waals surface area contributed by atoms with E-state index in [2.05, 4.69) is 304 Å². The van der Waals surface area contributed by atoms with Crippen LogP contribution in [0.15, 0.2) is 206 Å². The van der Waals surface area contributed by atoms with Crippen LogP contribution >= 0.6 is 0 Å². The number of aryl methyl sites for hydroxylation is 6. The average Bonchev–Trinajstić information content (AvgIpc) is 0.667. The van der Waals surface area contributed by atoms with Gasteiger partial charge in [-0.25, -0.2) is 0 Å². The summed E-state index contributed by atoms with van der Waals surface area (Å²) < 4.78 is 8.06. The molecule has 0 aliphatic carbocycles. The maximum Gasteiger partial charge on any atom is 0.252 e. The van der Waals surface area contributed by atoms with Gasteiger partial charge in [-0.05, 0) is 180 Å². The minimum absolute atomic E-state index is 0.0698. The number of para-hydroxylation sites is 6. The maximum atomic E-state index is 8.06. The molecule has 11 aromatic rings. The Balaban J connectivity index is 1.12. The standard InChI is InChI=1S/C81H73B4N3O/c1-47(2)56-43-59(48(3)4)75(60(44-56)49(5)6)82-61-31-19-23-35-67(61)86(57-27-15-13-16-28-57)71-46-72-66(45-65(71)82)83-62-32-20-24-36-68(62)87-69-37-25-21-33-63(69)84(73-52(9)39-50(7)40-53(73)10)77-79(87)76(83)80-78(81(77)89-58-29-17-14-18-30-58)85(64-34-22-26-38-70(64)88(72)80)74-54(11)41-51(8)42-55(74)12/h13-49H,1-12H3. The number of nitrogens with zero attached hydrogens (tertiary/aromatic N) is 3. The molecule has 11 aromatic carbocycles. The topological polar surface area (TPSA) is 19.0 Å². The van der Waals surface area contributed by atoms with Gasteiger partial charge in [-0.15, -0.1) is 0 Å². The molecule has 16 rings (SSSR count). The molecule has 0 bridgehead atoms. The number of anilines is 9. The fourth-order valence-electron chi connectivity index (χ4n) is 17.2. The molecule has 5 heterocycles. The van der Waals surface area contributed by atoms with Crippen LogP contribution < -0.4 is 85.0 Å². The predicted octanol–water partition coefficient (Wildman–Crippen LogP) is 12.7. The largest absolute Gasteiger partial charge is 0.458 e. The second kappa shape index (κ2) is 20.7. The molecule has 0 atom stereocenters. The Morgan fingerprint density at radius 3 is 1.11 bits per heavy atom. The van der Waals surface area contributed by atoms with Crippen LogP contribution in [-0.4, -0.2) is 26.9 Å². The van der Waals surface area contributed by atoms with Gasteiger partial charge in [0.05, 0.1) is 0 Å². The van der Waals surface area contributed by atoms with Gasteiger partial charge >= 0.3 is 0 Å². The van der Waals surface area contributed by atoms with Crippen LogP contribution in [0, 0.1) is 41.5 Å². The summed E-state index contributed by atoms with van der Waals surface area (Å²) in [6.07, 6.45) is 0. The van der Waals surface area contributed by atoms with Crippen molar-refractivity contribution in [3.63, 3.8) is 0 Å². The Hall–Kier alpha value is -9.12. The lowest BCUT2D eigenvalue weighted by atomic mass is 9.25. The molecule has 0 aromatic heterocycles. The van der Waals surface area contributed by atoms with Crippen LogP contribution in [0.25, 0.3) is 0 Å². The Morgan fingerprint density at radius 2 is 0.674 bits per heavy atom. The number of ether oxygens (including phenoxy) is 1. The van der Waals surface area contributed by atoms with E-state index in [-0.39, 0.29) is 38.7 Å².